The Labute approximate surface area is 134 Å². The summed E-state index contributed by atoms with van der Waals surface area (Å²) < 4.78 is 36.3. The fourth-order valence-electron chi connectivity index (χ4n) is 2.16. The normalized spacial score (nSPS) is 11.3. The van der Waals surface area contributed by atoms with Crippen molar-refractivity contribution in [3.63, 3.8) is 0 Å². The van der Waals surface area contributed by atoms with Crippen LogP contribution in [0.2, 0.25) is 0 Å². The summed E-state index contributed by atoms with van der Waals surface area (Å²) in [6.07, 6.45) is 0.474. The van der Waals surface area contributed by atoms with Crippen molar-refractivity contribution in [1.82, 2.24) is 9.88 Å². The molecule has 7 nitrogen and oxygen atoms in total. The summed E-state index contributed by atoms with van der Waals surface area (Å²) in [5.41, 5.74) is 1.13. The number of hydrogen-bond donors (Lipinski definition) is 1. The average Bonchev–Trinajstić information content (AvgIpc) is 2.85. The first kappa shape index (κ1) is 17.0. The number of nitrogens with zero attached hydrogens (tertiary/aromatic N) is 1. The van der Waals surface area contributed by atoms with Gasteiger partial charge >= 0.3 is 0 Å². The molecule has 1 N–H and O–H groups in total. The Morgan fingerprint density at radius 3 is 2.43 bits per heavy atom. The van der Waals surface area contributed by atoms with E-state index in [0.29, 0.717) is 6.42 Å². The highest BCUT2D eigenvalue weighted by molar-refractivity contribution is 7.90. The van der Waals surface area contributed by atoms with Crippen molar-refractivity contribution in [2.45, 2.75) is 31.6 Å². The smallest absolute Gasteiger partial charge is 0.269 e. The largest absolute Gasteiger partial charge is 0.497 e. The van der Waals surface area contributed by atoms with Crippen molar-refractivity contribution in [2.75, 3.05) is 7.11 Å². The number of aryl methyl sites for hydroxylation is 3. The fraction of sp³-hybridized carbons (Fsp3) is 0.333. The Hall–Kier alpha value is -2.35. The standard InChI is InChI=1S/C15H18N2O5S/c1-10-15(11(2)22-16-10)23(19,20)17-14(18)9-6-12-4-7-13(21-3)8-5-12/h4-5,7-8H,6,9H2,1-3H3,(H,17,18). The summed E-state index contributed by atoms with van der Waals surface area (Å²) in [5.74, 6) is 0.290. The number of benzene rings is 1. The number of hydrogen-bond acceptors (Lipinski definition) is 6. The Balaban J connectivity index is 1.99. The van der Waals surface area contributed by atoms with Gasteiger partial charge in [-0.3, -0.25) is 4.79 Å². The summed E-state index contributed by atoms with van der Waals surface area (Å²) in [6, 6.07) is 7.23. The first-order chi connectivity index (χ1) is 10.8. The Bertz CT molecular complexity index is 774. The molecule has 2 rings (SSSR count). The van der Waals surface area contributed by atoms with E-state index in [4.69, 9.17) is 9.26 Å². The molecule has 0 radical (unpaired) electrons. The number of amides is 1. The molecule has 0 fully saturated rings. The van der Waals surface area contributed by atoms with Gasteiger partial charge in [0, 0.05) is 6.42 Å². The molecule has 0 saturated heterocycles. The van der Waals surface area contributed by atoms with Gasteiger partial charge in [0.2, 0.25) is 5.91 Å². The van der Waals surface area contributed by atoms with Gasteiger partial charge in [-0.2, -0.15) is 0 Å². The number of carbonyl (C=O) groups excluding carboxylic acids is 1. The van der Waals surface area contributed by atoms with Gasteiger partial charge in [-0.05, 0) is 38.0 Å². The summed E-state index contributed by atoms with van der Waals surface area (Å²) in [4.78, 5) is 11.8. The minimum atomic E-state index is -3.97. The van der Waals surface area contributed by atoms with Gasteiger partial charge in [-0.1, -0.05) is 17.3 Å². The van der Waals surface area contributed by atoms with E-state index in [-0.39, 0.29) is 22.8 Å². The maximum atomic E-state index is 12.2. The summed E-state index contributed by atoms with van der Waals surface area (Å²) in [7, 11) is -2.40. The topological polar surface area (TPSA) is 98.5 Å². The average molecular weight is 338 g/mol. The summed E-state index contributed by atoms with van der Waals surface area (Å²) in [6.45, 7) is 2.99. The van der Waals surface area contributed by atoms with Gasteiger partial charge in [0.05, 0.1) is 7.11 Å². The van der Waals surface area contributed by atoms with Crippen molar-refractivity contribution < 1.29 is 22.5 Å². The second kappa shape index (κ2) is 6.82. The number of nitrogens with one attached hydrogen (secondary N) is 1. The Kier molecular flexibility index (Phi) is 5.05. The van der Waals surface area contributed by atoms with Crippen molar-refractivity contribution in [3.05, 3.63) is 41.3 Å². The van der Waals surface area contributed by atoms with Crippen LogP contribution in [-0.2, 0) is 21.2 Å². The molecule has 0 unspecified atom stereocenters. The molecule has 124 valence electrons. The molecule has 23 heavy (non-hydrogen) atoms. The van der Waals surface area contributed by atoms with Crippen LogP contribution >= 0.6 is 0 Å². The van der Waals surface area contributed by atoms with E-state index in [1.165, 1.54) is 13.8 Å². The van der Waals surface area contributed by atoms with Crippen LogP contribution in [0.4, 0.5) is 0 Å². The van der Waals surface area contributed by atoms with E-state index >= 15 is 0 Å². The zero-order valence-electron chi connectivity index (χ0n) is 13.1. The van der Waals surface area contributed by atoms with Crippen LogP contribution in [0.3, 0.4) is 0 Å². The van der Waals surface area contributed by atoms with E-state index < -0.39 is 15.9 Å². The van der Waals surface area contributed by atoms with E-state index in [9.17, 15) is 13.2 Å². The number of rotatable bonds is 6. The van der Waals surface area contributed by atoms with Crippen molar-refractivity contribution in [1.29, 1.82) is 0 Å². The third kappa shape index (κ3) is 4.10. The zero-order valence-corrected chi connectivity index (χ0v) is 13.9. The molecule has 2 aromatic rings. The number of aromatic nitrogens is 1. The molecule has 0 bridgehead atoms. The molecule has 0 spiro atoms. The second-order valence-electron chi connectivity index (χ2n) is 5.03. The van der Waals surface area contributed by atoms with Gasteiger partial charge in [-0.15, -0.1) is 0 Å². The molecule has 1 amide bonds. The van der Waals surface area contributed by atoms with Crippen LogP contribution in [0.1, 0.15) is 23.4 Å². The maximum Gasteiger partial charge on any atom is 0.269 e. The number of methoxy groups -OCH3 is 1. The lowest BCUT2D eigenvalue weighted by molar-refractivity contribution is -0.119. The first-order valence-corrected chi connectivity index (χ1v) is 8.43. The predicted molar refractivity (Wildman–Crippen MR) is 82.6 cm³/mol. The second-order valence-corrected chi connectivity index (χ2v) is 6.65. The molecule has 0 aliphatic heterocycles. The highest BCUT2D eigenvalue weighted by Crippen LogP contribution is 2.18. The molecule has 0 atom stereocenters. The van der Waals surface area contributed by atoms with Crippen molar-refractivity contribution in [3.8, 4) is 5.75 Å². The third-order valence-corrected chi connectivity index (χ3v) is 4.90. The van der Waals surface area contributed by atoms with Crippen LogP contribution in [0.25, 0.3) is 0 Å². The predicted octanol–water partition coefficient (Wildman–Crippen LogP) is 1.74. The monoisotopic (exact) mass is 338 g/mol. The maximum absolute atomic E-state index is 12.2. The molecule has 0 aliphatic rings. The van der Waals surface area contributed by atoms with E-state index in [1.54, 1.807) is 19.2 Å². The number of sulfonamides is 1. The SMILES string of the molecule is COc1ccc(CCC(=O)NS(=O)(=O)c2c(C)noc2C)cc1. The number of carbonyl (C=O) groups is 1. The highest BCUT2D eigenvalue weighted by Gasteiger charge is 2.25. The Morgan fingerprint density at radius 1 is 1.26 bits per heavy atom. The van der Waals surface area contributed by atoms with E-state index in [0.717, 1.165) is 11.3 Å². The van der Waals surface area contributed by atoms with Gasteiger partial charge in [-0.25, -0.2) is 13.1 Å². The van der Waals surface area contributed by atoms with Crippen LogP contribution in [0.5, 0.6) is 5.75 Å². The minimum Gasteiger partial charge on any atom is -0.497 e. The van der Waals surface area contributed by atoms with E-state index in [2.05, 4.69) is 5.16 Å². The van der Waals surface area contributed by atoms with Gasteiger partial charge in [0.25, 0.3) is 10.0 Å². The molecular weight excluding hydrogens is 320 g/mol. The molecule has 0 aliphatic carbocycles. The summed E-state index contributed by atoms with van der Waals surface area (Å²) >= 11 is 0. The van der Waals surface area contributed by atoms with Crippen LogP contribution in [0, 0.1) is 13.8 Å². The zero-order chi connectivity index (χ0) is 17.0. The highest BCUT2D eigenvalue weighted by atomic mass is 32.2. The fourth-order valence-corrected chi connectivity index (χ4v) is 3.51. The van der Waals surface area contributed by atoms with Crippen molar-refractivity contribution in [2.24, 2.45) is 0 Å². The van der Waals surface area contributed by atoms with Crippen LogP contribution < -0.4 is 9.46 Å². The molecule has 1 aromatic heterocycles. The van der Waals surface area contributed by atoms with Crippen LogP contribution in [-0.4, -0.2) is 26.6 Å². The molecule has 1 aromatic carbocycles. The number of ether oxygens (including phenoxy) is 1. The third-order valence-electron chi connectivity index (χ3n) is 3.28. The molecule has 0 saturated carbocycles. The van der Waals surface area contributed by atoms with E-state index in [1.807, 2.05) is 16.9 Å². The summed E-state index contributed by atoms with van der Waals surface area (Å²) in [5, 5.41) is 3.58. The lowest BCUT2D eigenvalue weighted by atomic mass is 10.1. The van der Waals surface area contributed by atoms with Gasteiger partial charge in [0.1, 0.15) is 11.4 Å². The lowest BCUT2D eigenvalue weighted by Crippen LogP contribution is -2.31. The lowest BCUT2D eigenvalue weighted by Gasteiger charge is -2.07. The van der Waals surface area contributed by atoms with Gasteiger partial charge < -0.3 is 9.26 Å². The van der Waals surface area contributed by atoms with Gasteiger partial charge in [0.15, 0.2) is 10.7 Å². The van der Waals surface area contributed by atoms with Crippen molar-refractivity contribution >= 4 is 15.9 Å². The quantitative estimate of drug-likeness (QED) is 0.861. The molecular formula is C15H18N2O5S. The molecule has 1 heterocycles. The van der Waals surface area contributed by atoms with Crippen LogP contribution in [0.15, 0.2) is 33.7 Å². The molecule has 8 heteroatoms. The minimum absolute atomic E-state index is 0.0505. The first-order valence-electron chi connectivity index (χ1n) is 6.95. The Morgan fingerprint density at radius 2 is 1.91 bits per heavy atom.